The molecule has 12 nitrogen and oxygen atoms in total. The van der Waals surface area contributed by atoms with Gasteiger partial charge in [0.05, 0.1) is 18.3 Å². The van der Waals surface area contributed by atoms with Crippen molar-refractivity contribution < 1.29 is 97.4 Å². The Bertz CT molecular complexity index is 1140. The van der Waals surface area contributed by atoms with Gasteiger partial charge in [0.1, 0.15) is 30.1 Å². The van der Waals surface area contributed by atoms with Crippen molar-refractivity contribution in [3.63, 3.8) is 0 Å². The Morgan fingerprint density at radius 1 is 1.22 bits per heavy atom. The van der Waals surface area contributed by atoms with E-state index in [1.165, 1.54) is 25.3 Å². The van der Waals surface area contributed by atoms with Gasteiger partial charge in [0.2, 0.25) is 12.2 Å². The van der Waals surface area contributed by atoms with E-state index < -0.39 is 59.2 Å². The van der Waals surface area contributed by atoms with Crippen LogP contribution in [0.25, 0.3) is 10.8 Å². The van der Waals surface area contributed by atoms with Crippen LogP contribution < -0.4 is 67.1 Å². The van der Waals surface area contributed by atoms with Gasteiger partial charge in [0.25, 0.3) is 0 Å². The molecule has 0 saturated carbocycles. The summed E-state index contributed by atoms with van der Waals surface area (Å²) in [5.41, 5.74) is 0.107. The first-order valence-corrected chi connectivity index (χ1v) is 10.4. The second-order valence-electron chi connectivity index (χ2n) is 6.99. The molecule has 0 bridgehead atoms. The third-order valence-electron chi connectivity index (χ3n) is 4.68. The molecule has 1 amide bonds. The molecule has 0 aliphatic carbocycles. The van der Waals surface area contributed by atoms with E-state index in [2.05, 4.69) is 9.50 Å². The zero-order valence-corrected chi connectivity index (χ0v) is 21.4. The van der Waals surface area contributed by atoms with Crippen molar-refractivity contribution in [2.45, 2.75) is 44.5 Å². The Labute approximate surface area is 225 Å². The molecule has 2 heterocycles. The van der Waals surface area contributed by atoms with E-state index >= 15 is 0 Å². The van der Waals surface area contributed by atoms with Crippen molar-refractivity contribution in [1.29, 1.82) is 0 Å². The molecule has 170 valence electrons. The molecule has 1 aliphatic heterocycles. The van der Waals surface area contributed by atoms with Crippen molar-refractivity contribution in [3.8, 4) is 5.75 Å². The van der Waals surface area contributed by atoms with Gasteiger partial charge >= 0.3 is 67.4 Å². The molecule has 1 aromatic heterocycles. The molecule has 3 rings (SSSR count). The predicted molar refractivity (Wildman–Crippen MR) is 104 cm³/mol. The Kier molecular flexibility index (Phi) is 9.40. The maximum absolute atomic E-state index is 12.0. The molecule has 1 saturated heterocycles. The quantitative estimate of drug-likeness (QED) is 0.227. The van der Waals surface area contributed by atoms with Crippen LogP contribution in [-0.2, 0) is 24.1 Å². The molecule has 1 aromatic carbocycles. The maximum Gasteiger partial charge on any atom is 1.00 e. The molecule has 2 aromatic rings. The average Bonchev–Trinajstić information content (AvgIpc) is 2.68. The Morgan fingerprint density at radius 3 is 2.53 bits per heavy atom. The first-order valence-electron chi connectivity index (χ1n) is 9.05. The van der Waals surface area contributed by atoms with Gasteiger partial charge in [0, 0.05) is 6.92 Å². The Morgan fingerprint density at radius 2 is 1.91 bits per heavy atom. The Balaban J connectivity index is 0.00000363. The van der Waals surface area contributed by atoms with Crippen LogP contribution >= 0.6 is 0 Å². The largest absolute Gasteiger partial charge is 1.00 e. The molecular formula is C18H21KNO11S+. The van der Waals surface area contributed by atoms with Crippen LogP contribution in [0.1, 0.15) is 12.5 Å². The van der Waals surface area contributed by atoms with E-state index in [9.17, 15) is 28.2 Å². The summed E-state index contributed by atoms with van der Waals surface area (Å²) in [6.07, 6.45) is -4.83. The average molecular weight is 499 g/mol. The Hall–Kier alpha value is -0.914. The molecule has 0 unspecified atom stereocenters. The number of aliphatic hydroxyl groups excluding tert-OH is 2. The summed E-state index contributed by atoms with van der Waals surface area (Å²) >= 11 is 0. The fourth-order valence-electron chi connectivity index (χ4n) is 3.22. The van der Waals surface area contributed by atoms with E-state index in [1.807, 2.05) is 0 Å². The first kappa shape index (κ1) is 27.3. The van der Waals surface area contributed by atoms with Crippen LogP contribution in [0.3, 0.4) is 0 Å². The molecule has 5 atom stereocenters. The van der Waals surface area contributed by atoms with Crippen LogP contribution in [0.5, 0.6) is 5.75 Å². The van der Waals surface area contributed by atoms with E-state index in [0.717, 1.165) is 0 Å². The number of nitrogens with one attached hydrogen (secondary N) is 1. The van der Waals surface area contributed by atoms with Crippen LogP contribution in [-0.4, -0.2) is 66.3 Å². The van der Waals surface area contributed by atoms with Gasteiger partial charge in [-0.2, -0.15) is 8.42 Å². The minimum atomic E-state index is -4.83. The van der Waals surface area contributed by atoms with Gasteiger partial charge in [0.15, 0.2) is 0 Å². The number of carbonyl (C=O) groups excluding carboxylic acids is 1. The molecule has 32 heavy (non-hydrogen) atoms. The summed E-state index contributed by atoms with van der Waals surface area (Å²) in [5.74, 6) is -0.445. The van der Waals surface area contributed by atoms with Crippen LogP contribution in [0.15, 0.2) is 33.7 Å². The second-order valence-corrected chi connectivity index (χ2v) is 8.09. The smallest absolute Gasteiger partial charge is 0.463 e. The number of fused-ring (bicyclic) bond motifs is 1. The van der Waals surface area contributed by atoms with E-state index in [-0.39, 0.29) is 62.5 Å². The maximum atomic E-state index is 12.0. The van der Waals surface area contributed by atoms with Crippen molar-refractivity contribution in [3.05, 3.63) is 40.4 Å². The minimum Gasteiger partial charge on any atom is -0.463 e. The van der Waals surface area contributed by atoms with Crippen LogP contribution in [0, 0.1) is 6.92 Å². The van der Waals surface area contributed by atoms with E-state index in [0.29, 0.717) is 10.9 Å². The fourth-order valence-corrected chi connectivity index (χ4v) is 3.53. The number of hydrogen-bond acceptors (Lipinski definition) is 10. The standard InChI is InChI=1S/C18H21NO11S.K/c1-8-6-27-17(23)12-5-10(3-4-11(8)12)29-18-14(19-9(2)20)16(22)15(21)13(30-18)7-28-31(24,25)26;/h3-6,13-16,18,21-22H,7H2,1-2H3,(H,19,20)(H,24,25,26);/q;+1/t13-,14-,15-,16-,18-;/m1./s1. The minimum absolute atomic E-state index is 0. The number of ether oxygens (including phenoxy) is 2. The molecule has 0 radical (unpaired) electrons. The number of amides is 1. The number of carbonyl (C=O) groups is 1. The van der Waals surface area contributed by atoms with Crippen molar-refractivity contribution in [2.75, 3.05) is 6.61 Å². The molecule has 0 spiro atoms. The van der Waals surface area contributed by atoms with Gasteiger partial charge in [-0.15, -0.1) is 0 Å². The van der Waals surface area contributed by atoms with E-state index in [4.69, 9.17) is 18.4 Å². The van der Waals surface area contributed by atoms with E-state index in [1.54, 1.807) is 13.0 Å². The number of aryl methyl sites for hydroxylation is 1. The van der Waals surface area contributed by atoms with Crippen molar-refractivity contribution >= 4 is 27.1 Å². The first-order chi connectivity index (χ1) is 14.5. The van der Waals surface area contributed by atoms with Gasteiger partial charge in [-0.25, -0.2) is 8.98 Å². The normalized spacial score (nSPS) is 25.7. The summed E-state index contributed by atoms with van der Waals surface area (Å²) in [6.45, 7) is 2.10. The van der Waals surface area contributed by atoms with Gasteiger partial charge < -0.3 is 29.4 Å². The molecule has 1 aliphatic rings. The summed E-state index contributed by atoms with van der Waals surface area (Å²) in [5, 5.41) is 23.9. The second kappa shape index (κ2) is 11.0. The number of hydrogen-bond donors (Lipinski definition) is 4. The number of benzene rings is 1. The molecule has 1 fully saturated rings. The fraction of sp³-hybridized carbons (Fsp3) is 0.444. The molecule has 14 heteroatoms. The van der Waals surface area contributed by atoms with Crippen molar-refractivity contribution in [1.82, 2.24) is 5.32 Å². The van der Waals surface area contributed by atoms with Crippen molar-refractivity contribution in [2.24, 2.45) is 0 Å². The predicted octanol–water partition coefficient (Wildman–Crippen LogP) is -3.74. The van der Waals surface area contributed by atoms with Gasteiger partial charge in [-0.1, -0.05) is 6.07 Å². The zero-order valence-electron chi connectivity index (χ0n) is 17.4. The van der Waals surface area contributed by atoms with Gasteiger partial charge in [-0.05, 0) is 30.0 Å². The van der Waals surface area contributed by atoms with Gasteiger partial charge in [-0.3, -0.25) is 9.35 Å². The zero-order chi connectivity index (χ0) is 22.9. The van der Waals surface area contributed by atoms with Crippen LogP contribution in [0.4, 0.5) is 0 Å². The number of aliphatic hydroxyl groups is 2. The summed E-state index contributed by atoms with van der Waals surface area (Å²) in [7, 11) is -4.83. The third kappa shape index (κ3) is 6.57. The number of rotatable bonds is 6. The third-order valence-corrected chi connectivity index (χ3v) is 5.12. The SMILES string of the molecule is CC(=O)N[C@H]1[C@H](Oc2ccc3c(C)coc(=O)c3c2)O[C@H](COS(=O)(=O)O)[C@@H](O)[C@@H]1O.[K+]. The summed E-state index contributed by atoms with van der Waals surface area (Å²) in [6, 6.07) is 3.25. The summed E-state index contributed by atoms with van der Waals surface area (Å²) < 4.78 is 50.8. The molecule has 4 N–H and O–H groups in total. The summed E-state index contributed by atoms with van der Waals surface area (Å²) in [4.78, 5) is 23.6. The molecular weight excluding hydrogens is 477 g/mol. The van der Waals surface area contributed by atoms with Crippen LogP contribution in [0.2, 0.25) is 0 Å². The monoisotopic (exact) mass is 498 g/mol. The topological polar surface area (TPSA) is 182 Å².